The summed E-state index contributed by atoms with van der Waals surface area (Å²) in [6.45, 7) is 2.69. The zero-order chi connectivity index (χ0) is 28.2. The van der Waals surface area contributed by atoms with Crippen molar-refractivity contribution in [3.05, 3.63) is 128 Å². The third kappa shape index (κ3) is 4.06. The number of benzene rings is 3. The number of hydrazone groups is 1. The molecule has 0 spiro atoms. The first kappa shape index (κ1) is 25.8. The molecule has 4 aromatic rings. The lowest BCUT2D eigenvalue weighted by Crippen LogP contribution is -2.50. The van der Waals surface area contributed by atoms with Crippen molar-refractivity contribution in [1.29, 1.82) is 0 Å². The van der Waals surface area contributed by atoms with Gasteiger partial charge in [0.05, 0.1) is 16.6 Å². The summed E-state index contributed by atoms with van der Waals surface area (Å²) in [6.07, 6.45) is 0. The van der Waals surface area contributed by atoms with Crippen molar-refractivity contribution in [1.82, 2.24) is 13.5 Å². The van der Waals surface area contributed by atoms with E-state index in [1.165, 1.54) is 11.6 Å². The summed E-state index contributed by atoms with van der Waals surface area (Å²) in [7, 11) is -1.02. The van der Waals surface area contributed by atoms with Crippen LogP contribution in [0, 0.1) is 12.8 Å². The maximum absolute atomic E-state index is 14.1. The van der Waals surface area contributed by atoms with Gasteiger partial charge < -0.3 is 4.90 Å². The molecule has 0 N–H and O–H groups in total. The van der Waals surface area contributed by atoms with Gasteiger partial charge in [-0.15, -0.1) is 0 Å². The van der Waals surface area contributed by atoms with E-state index >= 15 is 0 Å². The number of aromatic nitrogens is 2. The van der Waals surface area contributed by atoms with Crippen LogP contribution in [0.1, 0.15) is 28.3 Å². The van der Waals surface area contributed by atoms with Gasteiger partial charge in [-0.25, -0.2) is 4.79 Å². The van der Waals surface area contributed by atoms with E-state index in [9.17, 15) is 18.0 Å². The van der Waals surface area contributed by atoms with E-state index in [1.807, 2.05) is 72.5 Å². The van der Waals surface area contributed by atoms with Gasteiger partial charge in [-0.2, -0.15) is 17.9 Å². The first-order valence-electron chi connectivity index (χ1n) is 13.0. The molecule has 0 saturated carbocycles. The van der Waals surface area contributed by atoms with Crippen molar-refractivity contribution in [2.45, 2.75) is 24.4 Å². The number of fused-ring (bicyclic) bond motifs is 3. The summed E-state index contributed by atoms with van der Waals surface area (Å²) in [5, 5.41) is 4.70. The summed E-state index contributed by atoms with van der Waals surface area (Å²) in [5.41, 5.74) is 2.38. The van der Waals surface area contributed by atoms with Gasteiger partial charge in [0.2, 0.25) is 0 Å². The summed E-state index contributed by atoms with van der Waals surface area (Å²) >= 11 is 0. The molecule has 1 aromatic heterocycles. The minimum Gasteiger partial charge on any atom is -0.352 e. The zero-order valence-electron chi connectivity index (χ0n) is 22.4. The molecule has 0 bridgehead atoms. The number of anilines is 1. The lowest BCUT2D eigenvalue weighted by atomic mass is 9.84. The van der Waals surface area contributed by atoms with E-state index in [4.69, 9.17) is 5.10 Å². The van der Waals surface area contributed by atoms with Gasteiger partial charge in [-0.1, -0.05) is 78.4 Å². The van der Waals surface area contributed by atoms with E-state index in [0.717, 1.165) is 25.7 Å². The molecule has 3 heterocycles. The molecule has 9 nitrogen and oxygen atoms in total. The number of sulfonamides is 1. The predicted molar refractivity (Wildman–Crippen MR) is 154 cm³/mol. The Bertz CT molecular complexity index is 1850. The van der Waals surface area contributed by atoms with Crippen molar-refractivity contribution < 1.29 is 8.42 Å². The lowest BCUT2D eigenvalue weighted by molar-refractivity contribution is 0.322. The maximum Gasteiger partial charge on any atom is 0.332 e. The minimum absolute atomic E-state index is 0.122. The van der Waals surface area contributed by atoms with E-state index in [1.54, 1.807) is 31.3 Å². The highest BCUT2D eigenvalue weighted by Gasteiger charge is 2.50. The predicted octanol–water partition coefficient (Wildman–Crippen LogP) is 3.18. The molecule has 0 aliphatic carbocycles. The van der Waals surface area contributed by atoms with Gasteiger partial charge in [0.1, 0.15) is 11.4 Å². The second-order valence-electron chi connectivity index (χ2n) is 10.3. The van der Waals surface area contributed by atoms with Crippen LogP contribution < -0.4 is 16.1 Å². The van der Waals surface area contributed by atoms with Crippen molar-refractivity contribution in [3.8, 4) is 0 Å². The Hall–Kier alpha value is -4.44. The molecule has 0 amide bonds. The Kier molecular flexibility index (Phi) is 6.22. The molecule has 3 aromatic carbocycles. The average Bonchev–Trinajstić information content (AvgIpc) is 3.35. The fourth-order valence-corrected chi connectivity index (χ4v) is 7.15. The first-order chi connectivity index (χ1) is 19.2. The summed E-state index contributed by atoms with van der Waals surface area (Å²) in [5.74, 6) is -0.0163. The molecule has 6 rings (SSSR count). The standard InChI is InChI=1S/C30H29N5O4S/c1-20-14-16-23(17-15-20)40(38,39)35-27(22-12-8-5-9-13-22)24-19-34(18-21-10-6-4-7-11-21)28-25(26(24)31-35)29(36)33(3)30(37)32(28)2/h4-17,24,27H,18-19H2,1-3H3/t24-,27+/m0/s1. The maximum atomic E-state index is 14.1. The highest BCUT2D eigenvalue weighted by Crippen LogP contribution is 2.45. The van der Waals surface area contributed by atoms with Gasteiger partial charge in [-0.05, 0) is 30.2 Å². The molecule has 10 heteroatoms. The van der Waals surface area contributed by atoms with E-state index in [2.05, 4.69) is 0 Å². The van der Waals surface area contributed by atoms with Crippen LogP contribution in [0.25, 0.3) is 0 Å². The van der Waals surface area contributed by atoms with Gasteiger partial charge in [0, 0.05) is 33.1 Å². The van der Waals surface area contributed by atoms with Crippen LogP contribution in [0.5, 0.6) is 0 Å². The highest BCUT2D eigenvalue weighted by atomic mass is 32.2. The topological polar surface area (TPSA) is 97.0 Å². The van der Waals surface area contributed by atoms with Crippen molar-refractivity contribution >= 4 is 21.6 Å². The number of nitrogens with zero attached hydrogens (tertiary/aromatic N) is 5. The summed E-state index contributed by atoms with van der Waals surface area (Å²) in [6, 6.07) is 25.1. The van der Waals surface area contributed by atoms with Gasteiger partial charge >= 0.3 is 5.69 Å². The molecule has 0 saturated heterocycles. The minimum atomic E-state index is -4.08. The molecule has 0 fully saturated rings. The van der Waals surface area contributed by atoms with Crippen LogP contribution in [0.15, 0.2) is 105 Å². The Morgan fingerprint density at radius 3 is 2.12 bits per heavy atom. The second kappa shape index (κ2) is 9.63. The fourth-order valence-electron chi connectivity index (χ4n) is 5.69. The third-order valence-corrected chi connectivity index (χ3v) is 9.37. The van der Waals surface area contributed by atoms with Crippen LogP contribution in [0.3, 0.4) is 0 Å². The molecule has 2 aliphatic rings. The average molecular weight is 556 g/mol. The Balaban J connectivity index is 1.59. The second-order valence-corrected chi connectivity index (χ2v) is 12.1. The lowest BCUT2D eigenvalue weighted by Gasteiger charge is -2.38. The summed E-state index contributed by atoms with van der Waals surface area (Å²) < 4.78 is 31.9. The molecule has 204 valence electrons. The number of aryl methyl sites for hydroxylation is 1. The van der Waals surface area contributed by atoms with Crippen LogP contribution in [0.2, 0.25) is 0 Å². The van der Waals surface area contributed by atoms with Crippen LogP contribution >= 0.6 is 0 Å². The normalized spacial score (nSPS) is 18.3. The summed E-state index contributed by atoms with van der Waals surface area (Å²) in [4.78, 5) is 28.9. The van der Waals surface area contributed by atoms with Crippen LogP contribution in [-0.4, -0.2) is 34.2 Å². The highest BCUT2D eigenvalue weighted by molar-refractivity contribution is 7.89. The molecule has 2 atom stereocenters. The van der Waals surface area contributed by atoms with E-state index in [0.29, 0.717) is 24.6 Å². The quantitative estimate of drug-likeness (QED) is 0.377. The molecular formula is C30H29N5O4S. The van der Waals surface area contributed by atoms with Gasteiger partial charge in [0.15, 0.2) is 0 Å². The van der Waals surface area contributed by atoms with Crippen molar-refractivity contribution in [3.63, 3.8) is 0 Å². The number of hydrogen-bond donors (Lipinski definition) is 0. The van der Waals surface area contributed by atoms with Gasteiger partial charge in [-0.3, -0.25) is 13.9 Å². The molecule has 2 aliphatic heterocycles. The number of rotatable bonds is 5. The van der Waals surface area contributed by atoms with Gasteiger partial charge in [0.25, 0.3) is 15.6 Å². The van der Waals surface area contributed by atoms with E-state index < -0.39 is 33.2 Å². The third-order valence-electron chi connectivity index (χ3n) is 7.71. The van der Waals surface area contributed by atoms with Crippen LogP contribution in [-0.2, 0) is 30.7 Å². The first-order valence-corrected chi connectivity index (χ1v) is 14.5. The molecule has 40 heavy (non-hydrogen) atoms. The fraction of sp³-hybridized carbons (Fsp3) is 0.233. The molecule has 0 unspecified atom stereocenters. The Morgan fingerprint density at radius 1 is 0.850 bits per heavy atom. The zero-order valence-corrected chi connectivity index (χ0v) is 23.2. The SMILES string of the molecule is Cc1ccc(S(=O)(=O)N2N=C3c4c(n(C)c(=O)n(C)c4=O)N(Cc4ccccc4)C[C@@H]3[C@H]2c2ccccc2)cc1. The smallest absolute Gasteiger partial charge is 0.332 e. The van der Waals surface area contributed by atoms with Crippen molar-refractivity contribution in [2.75, 3.05) is 11.4 Å². The Morgan fingerprint density at radius 2 is 1.48 bits per heavy atom. The molecule has 0 radical (unpaired) electrons. The van der Waals surface area contributed by atoms with Crippen molar-refractivity contribution in [2.24, 2.45) is 25.1 Å². The largest absolute Gasteiger partial charge is 0.352 e. The monoisotopic (exact) mass is 555 g/mol. The molecular weight excluding hydrogens is 526 g/mol. The Labute approximate surface area is 232 Å². The van der Waals surface area contributed by atoms with Crippen LogP contribution in [0.4, 0.5) is 5.82 Å². The number of hydrogen-bond acceptors (Lipinski definition) is 6. The van der Waals surface area contributed by atoms with E-state index in [-0.39, 0.29) is 10.5 Å².